The fourth-order valence-electron chi connectivity index (χ4n) is 3.78. The molecule has 3 aromatic rings. The maximum atomic E-state index is 13.1. The number of carbonyl (C=O) groups excluding carboxylic acids is 1. The lowest BCUT2D eigenvalue weighted by Gasteiger charge is -2.12. The first-order chi connectivity index (χ1) is 16.1. The maximum Gasteiger partial charge on any atom is 0.255 e. The molecule has 0 spiro atoms. The number of aryl methyl sites for hydroxylation is 1. The van der Waals surface area contributed by atoms with Crippen molar-refractivity contribution in [3.63, 3.8) is 0 Å². The largest absolute Gasteiger partial charge is 0.493 e. The second-order valence-electron chi connectivity index (χ2n) is 7.55. The number of ether oxygens (including phenoxy) is 2. The van der Waals surface area contributed by atoms with Crippen LogP contribution in [0.1, 0.15) is 45.0 Å². The highest BCUT2D eigenvalue weighted by atomic mass is 79.9. The molecule has 0 unspecified atom stereocenters. The number of nitrogens with one attached hydrogen (secondary N) is 1. The molecule has 4 rings (SSSR count). The molecule has 1 N–H and O–H groups in total. The summed E-state index contributed by atoms with van der Waals surface area (Å²) >= 11 is 5.15. The van der Waals surface area contributed by atoms with E-state index in [9.17, 15) is 4.79 Å². The zero-order valence-corrected chi connectivity index (χ0v) is 20.8. The summed E-state index contributed by atoms with van der Waals surface area (Å²) in [5, 5.41) is 3.70. The van der Waals surface area contributed by atoms with E-state index < -0.39 is 0 Å². The van der Waals surface area contributed by atoms with Crippen LogP contribution in [0.3, 0.4) is 0 Å². The lowest BCUT2D eigenvalue weighted by atomic mass is 9.95. The van der Waals surface area contributed by atoms with Crippen LogP contribution in [0.15, 0.2) is 57.1 Å². The van der Waals surface area contributed by atoms with Gasteiger partial charge in [0.25, 0.3) is 5.91 Å². The molecule has 0 aliphatic heterocycles. The van der Waals surface area contributed by atoms with Crippen LogP contribution >= 0.6 is 27.3 Å². The molecule has 2 aromatic heterocycles. The molecule has 0 saturated carbocycles. The predicted molar refractivity (Wildman–Crippen MR) is 134 cm³/mol. The van der Waals surface area contributed by atoms with E-state index in [4.69, 9.17) is 18.9 Å². The summed E-state index contributed by atoms with van der Waals surface area (Å²) in [6.07, 6.45) is 9.15. The number of amides is 1. The SMILES string of the molecule is C=CCOc1c(Br)cc(C=Nc2sc3c(c2C(=O)NCc2ccco2)CCCC3)cc1OC. The van der Waals surface area contributed by atoms with Crippen molar-refractivity contribution in [2.75, 3.05) is 13.7 Å². The molecule has 1 aromatic carbocycles. The van der Waals surface area contributed by atoms with Crippen molar-refractivity contribution in [2.24, 2.45) is 4.99 Å². The number of hydrogen-bond acceptors (Lipinski definition) is 6. The Balaban J connectivity index is 1.62. The van der Waals surface area contributed by atoms with E-state index in [2.05, 4.69) is 27.8 Å². The molecular formula is C25H25BrN2O4S. The molecule has 1 aliphatic carbocycles. The highest BCUT2D eigenvalue weighted by Gasteiger charge is 2.25. The molecule has 0 fully saturated rings. The number of furan rings is 1. The molecule has 0 saturated heterocycles. The lowest BCUT2D eigenvalue weighted by Crippen LogP contribution is -2.23. The minimum absolute atomic E-state index is 0.120. The normalized spacial score (nSPS) is 13.0. The van der Waals surface area contributed by atoms with Crippen molar-refractivity contribution in [1.82, 2.24) is 5.32 Å². The van der Waals surface area contributed by atoms with Crippen LogP contribution in [0.4, 0.5) is 5.00 Å². The molecule has 1 aliphatic rings. The third kappa shape index (κ3) is 5.39. The van der Waals surface area contributed by atoms with Gasteiger partial charge in [-0.2, -0.15) is 0 Å². The second-order valence-corrected chi connectivity index (χ2v) is 9.48. The molecular weight excluding hydrogens is 504 g/mol. The average molecular weight is 529 g/mol. The first-order valence-corrected chi connectivity index (χ1v) is 12.3. The number of fused-ring (bicyclic) bond motifs is 1. The average Bonchev–Trinajstić information content (AvgIpc) is 3.47. The van der Waals surface area contributed by atoms with Gasteiger partial charge in [0.2, 0.25) is 0 Å². The Morgan fingerprint density at radius 1 is 1.36 bits per heavy atom. The Kier molecular flexibility index (Phi) is 7.67. The Morgan fingerprint density at radius 3 is 2.97 bits per heavy atom. The number of halogens is 1. The lowest BCUT2D eigenvalue weighted by molar-refractivity contribution is 0.0948. The van der Waals surface area contributed by atoms with Crippen molar-refractivity contribution in [3.05, 3.63) is 75.0 Å². The molecule has 0 radical (unpaired) electrons. The molecule has 33 heavy (non-hydrogen) atoms. The Labute approximate surface area is 205 Å². The van der Waals surface area contributed by atoms with Gasteiger partial charge in [-0.1, -0.05) is 12.7 Å². The first kappa shape index (κ1) is 23.3. The van der Waals surface area contributed by atoms with Gasteiger partial charge < -0.3 is 19.2 Å². The standard InChI is InChI=1S/C25H25BrN2O4S/c1-3-10-32-23-19(26)12-16(13-20(23)30-2)14-28-25-22(18-8-4-5-9-21(18)33-25)24(29)27-15-17-7-6-11-31-17/h3,6-7,11-14H,1,4-5,8-10,15H2,2H3,(H,27,29). The summed E-state index contributed by atoms with van der Waals surface area (Å²) in [6.45, 7) is 4.40. The van der Waals surface area contributed by atoms with E-state index in [0.29, 0.717) is 36.0 Å². The van der Waals surface area contributed by atoms with Gasteiger partial charge in [-0.25, -0.2) is 4.99 Å². The number of aliphatic imine (C=N–C) groups is 1. The van der Waals surface area contributed by atoms with Gasteiger partial charge in [-0.15, -0.1) is 11.3 Å². The van der Waals surface area contributed by atoms with Gasteiger partial charge in [0.15, 0.2) is 11.5 Å². The van der Waals surface area contributed by atoms with Gasteiger partial charge in [-0.05, 0) is 77.0 Å². The summed E-state index contributed by atoms with van der Waals surface area (Å²) in [5.74, 6) is 1.80. The second kappa shape index (κ2) is 10.9. The molecule has 8 heteroatoms. The zero-order valence-electron chi connectivity index (χ0n) is 18.4. The van der Waals surface area contributed by atoms with E-state index in [-0.39, 0.29) is 5.91 Å². The van der Waals surface area contributed by atoms with E-state index in [1.165, 1.54) is 4.88 Å². The molecule has 2 heterocycles. The predicted octanol–water partition coefficient (Wildman–Crippen LogP) is 6.24. The zero-order chi connectivity index (χ0) is 23.2. The highest BCUT2D eigenvalue weighted by Crippen LogP contribution is 2.40. The van der Waals surface area contributed by atoms with Gasteiger partial charge in [0.05, 0.1) is 30.0 Å². The quantitative estimate of drug-likeness (QED) is 0.263. The minimum Gasteiger partial charge on any atom is -0.493 e. The number of carbonyl (C=O) groups is 1. The smallest absolute Gasteiger partial charge is 0.255 e. The van der Waals surface area contributed by atoms with Crippen LogP contribution < -0.4 is 14.8 Å². The van der Waals surface area contributed by atoms with Crippen LogP contribution in [0, 0.1) is 0 Å². The van der Waals surface area contributed by atoms with Crippen LogP contribution in [0.2, 0.25) is 0 Å². The van der Waals surface area contributed by atoms with Gasteiger partial charge in [0, 0.05) is 11.1 Å². The molecule has 0 atom stereocenters. The van der Waals surface area contributed by atoms with Crippen LogP contribution in [-0.4, -0.2) is 25.8 Å². The number of nitrogens with zero attached hydrogens (tertiary/aromatic N) is 1. The van der Waals surface area contributed by atoms with E-state index in [1.807, 2.05) is 24.3 Å². The first-order valence-electron chi connectivity index (χ1n) is 10.7. The van der Waals surface area contributed by atoms with Gasteiger partial charge in [0.1, 0.15) is 17.4 Å². The van der Waals surface area contributed by atoms with Crippen LogP contribution in [0.5, 0.6) is 11.5 Å². The topological polar surface area (TPSA) is 73.1 Å². The Bertz CT molecular complexity index is 1170. The number of hydrogen-bond donors (Lipinski definition) is 1. The molecule has 1 amide bonds. The van der Waals surface area contributed by atoms with Crippen molar-refractivity contribution in [1.29, 1.82) is 0 Å². The van der Waals surface area contributed by atoms with E-state index in [1.54, 1.807) is 37.0 Å². The van der Waals surface area contributed by atoms with Gasteiger partial charge in [-0.3, -0.25) is 4.79 Å². The number of methoxy groups -OCH3 is 1. The van der Waals surface area contributed by atoms with Gasteiger partial charge >= 0.3 is 0 Å². The van der Waals surface area contributed by atoms with Crippen molar-refractivity contribution in [2.45, 2.75) is 32.2 Å². The number of thiophene rings is 1. The monoisotopic (exact) mass is 528 g/mol. The minimum atomic E-state index is -0.120. The van der Waals surface area contributed by atoms with Crippen molar-refractivity contribution >= 4 is 44.4 Å². The third-order valence-electron chi connectivity index (χ3n) is 5.31. The van der Waals surface area contributed by atoms with Crippen LogP contribution in [0.25, 0.3) is 0 Å². The summed E-state index contributed by atoms with van der Waals surface area (Å²) in [4.78, 5) is 19.1. The van der Waals surface area contributed by atoms with E-state index in [0.717, 1.165) is 46.3 Å². The summed E-state index contributed by atoms with van der Waals surface area (Å²) in [5.41, 5.74) is 2.63. The van der Waals surface area contributed by atoms with Crippen molar-refractivity contribution < 1.29 is 18.7 Å². The van der Waals surface area contributed by atoms with E-state index >= 15 is 0 Å². The summed E-state index contributed by atoms with van der Waals surface area (Å²) in [6, 6.07) is 7.42. The fraction of sp³-hybridized carbons (Fsp3) is 0.280. The number of benzene rings is 1. The third-order valence-corrected chi connectivity index (χ3v) is 7.10. The van der Waals surface area contributed by atoms with Crippen molar-refractivity contribution in [3.8, 4) is 11.5 Å². The number of rotatable bonds is 9. The Morgan fingerprint density at radius 2 is 2.21 bits per heavy atom. The highest BCUT2D eigenvalue weighted by molar-refractivity contribution is 9.10. The molecule has 172 valence electrons. The molecule has 6 nitrogen and oxygen atoms in total. The Hall–Kier alpha value is -2.84. The fourth-order valence-corrected chi connectivity index (χ4v) is 5.58. The summed E-state index contributed by atoms with van der Waals surface area (Å²) < 4.78 is 17.3. The molecule has 0 bridgehead atoms. The van der Waals surface area contributed by atoms with Crippen LogP contribution in [-0.2, 0) is 19.4 Å². The summed E-state index contributed by atoms with van der Waals surface area (Å²) in [7, 11) is 1.60. The maximum absolute atomic E-state index is 13.1.